The highest BCUT2D eigenvalue weighted by atomic mass is 19.2. The number of rotatable bonds is 6. The van der Waals surface area contributed by atoms with Crippen molar-refractivity contribution in [2.75, 3.05) is 62.7 Å². The summed E-state index contributed by atoms with van der Waals surface area (Å²) in [4.78, 5) is 25.3. The Morgan fingerprint density at radius 3 is 2.67 bits per heavy atom. The number of carbonyl (C=O) groups excluding carboxylic acids is 1. The Kier molecular flexibility index (Phi) is 7.69. The van der Waals surface area contributed by atoms with Crippen molar-refractivity contribution in [3.8, 4) is 11.9 Å². The van der Waals surface area contributed by atoms with Gasteiger partial charge in [-0.2, -0.15) is 5.26 Å². The first-order chi connectivity index (χ1) is 20.4. The molecule has 6 rings (SSSR count). The molecular weight excluding hydrogens is 538 g/mol. The lowest BCUT2D eigenvalue weighted by atomic mass is 9.97. The first-order valence-corrected chi connectivity index (χ1v) is 14.5. The number of nitrogens with zero attached hydrogens (tertiary/aromatic N) is 6. The average molecular weight is 573 g/mol. The zero-order chi connectivity index (χ0) is 29.4. The van der Waals surface area contributed by atoms with Crippen LogP contribution in [0.3, 0.4) is 0 Å². The van der Waals surface area contributed by atoms with E-state index in [1.165, 1.54) is 6.08 Å². The summed E-state index contributed by atoms with van der Waals surface area (Å²) < 4.78 is 35.6. The first kappa shape index (κ1) is 27.9. The van der Waals surface area contributed by atoms with Crippen molar-refractivity contribution in [1.29, 1.82) is 5.26 Å². The van der Waals surface area contributed by atoms with Crippen molar-refractivity contribution in [2.45, 2.75) is 31.8 Å². The number of nitriles is 1. The van der Waals surface area contributed by atoms with E-state index in [-0.39, 0.29) is 17.3 Å². The van der Waals surface area contributed by atoms with Crippen LogP contribution in [0, 0.1) is 23.0 Å². The molecule has 8 nitrogen and oxygen atoms in total. The van der Waals surface area contributed by atoms with Gasteiger partial charge in [-0.3, -0.25) is 4.79 Å². The van der Waals surface area contributed by atoms with Gasteiger partial charge in [0.05, 0.1) is 17.9 Å². The summed E-state index contributed by atoms with van der Waals surface area (Å²) in [7, 11) is 2.08. The number of amides is 1. The number of fused-ring (bicyclic) bond motifs is 2. The fourth-order valence-corrected chi connectivity index (χ4v) is 6.49. The van der Waals surface area contributed by atoms with Gasteiger partial charge < -0.3 is 24.3 Å². The van der Waals surface area contributed by atoms with E-state index in [2.05, 4.69) is 29.5 Å². The van der Waals surface area contributed by atoms with Crippen LogP contribution in [0.15, 0.2) is 43.0 Å². The van der Waals surface area contributed by atoms with Crippen molar-refractivity contribution < 1.29 is 18.3 Å². The molecule has 0 aliphatic carbocycles. The Hall–Kier alpha value is -4.23. The Morgan fingerprint density at radius 1 is 1.14 bits per heavy atom. The minimum Gasteiger partial charge on any atom is -0.475 e. The summed E-state index contributed by atoms with van der Waals surface area (Å²) in [5.41, 5.74) is 3.53. The predicted octanol–water partition coefficient (Wildman–Crippen LogP) is 4.25. The van der Waals surface area contributed by atoms with Gasteiger partial charge in [0.2, 0.25) is 11.8 Å². The van der Waals surface area contributed by atoms with Crippen LogP contribution in [-0.2, 0) is 17.8 Å². The molecule has 3 aliphatic heterocycles. The van der Waals surface area contributed by atoms with Crippen LogP contribution in [-0.4, -0.2) is 79.7 Å². The molecule has 0 unspecified atom stereocenters. The highest BCUT2D eigenvalue weighted by Gasteiger charge is 2.32. The zero-order valence-electron chi connectivity index (χ0n) is 23.8. The number of anilines is 2. The second kappa shape index (κ2) is 11.6. The summed E-state index contributed by atoms with van der Waals surface area (Å²) in [6.45, 7) is 8.10. The number of ether oxygens (including phenoxy) is 1. The Bertz CT molecular complexity index is 1580. The van der Waals surface area contributed by atoms with E-state index in [9.17, 15) is 14.4 Å². The predicted molar refractivity (Wildman–Crippen MR) is 158 cm³/mol. The lowest BCUT2D eigenvalue weighted by molar-refractivity contribution is -0.126. The monoisotopic (exact) mass is 572 g/mol. The highest BCUT2D eigenvalue weighted by molar-refractivity contribution is 5.95. The van der Waals surface area contributed by atoms with E-state index in [0.29, 0.717) is 74.8 Å². The second-order valence-corrected chi connectivity index (χ2v) is 11.2. The van der Waals surface area contributed by atoms with Crippen LogP contribution < -0.4 is 14.5 Å². The quantitative estimate of drug-likeness (QED) is 0.409. The van der Waals surface area contributed by atoms with E-state index in [1.807, 2.05) is 17.0 Å². The molecule has 3 aromatic rings. The summed E-state index contributed by atoms with van der Waals surface area (Å²) in [5.74, 6) is -1.55. The van der Waals surface area contributed by atoms with Crippen molar-refractivity contribution >= 4 is 28.1 Å². The zero-order valence-corrected chi connectivity index (χ0v) is 23.8. The van der Waals surface area contributed by atoms with Crippen LogP contribution in [0.2, 0.25) is 0 Å². The molecule has 1 atom stereocenters. The molecule has 10 heteroatoms. The van der Waals surface area contributed by atoms with Gasteiger partial charge in [-0.25, -0.2) is 13.8 Å². The minimum atomic E-state index is -0.881. The molecule has 2 aromatic carbocycles. The molecule has 0 spiro atoms. The van der Waals surface area contributed by atoms with Crippen molar-refractivity contribution in [2.24, 2.45) is 0 Å². The van der Waals surface area contributed by atoms with Gasteiger partial charge in [0.15, 0.2) is 11.6 Å². The molecule has 0 radical (unpaired) electrons. The number of halogens is 2. The summed E-state index contributed by atoms with van der Waals surface area (Å²) in [5, 5.41) is 11.3. The molecule has 42 heavy (non-hydrogen) atoms. The second-order valence-electron chi connectivity index (χ2n) is 11.2. The topological polar surface area (TPSA) is 75.9 Å². The number of aromatic nitrogens is 1. The lowest BCUT2D eigenvalue weighted by Crippen LogP contribution is -2.49. The maximum absolute atomic E-state index is 15.1. The van der Waals surface area contributed by atoms with Gasteiger partial charge in [0.1, 0.15) is 18.2 Å². The fourth-order valence-electron chi connectivity index (χ4n) is 6.49. The van der Waals surface area contributed by atoms with E-state index >= 15 is 4.39 Å². The van der Waals surface area contributed by atoms with E-state index < -0.39 is 11.6 Å². The van der Waals surface area contributed by atoms with Gasteiger partial charge in [-0.1, -0.05) is 24.8 Å². The van der Waals surface area contributed by atoms with E-state index in [1.54, 1.807) is 17.0 Å². The lowest BCUT2D eigenvalue weighted by Gasteiger charge is -2.39. The number of carbonyl (C=O) groups is 1. The molecular formula is C32H34F2N6O2. The van der Waals surface area contributed by atoms with Crippen LogP contribution in [0.5, 0.6) is 5.88 Å². The maximum Gasteiger partial charge on any atom is 0.246 e. The molecule has 4 heterocycles. The molecule has 1 aromatic heterocycles. The number of hydrogen-bond donors (Lipinski definition) is 0. The third-order valence-corrected chi connectivity index (χ3v) is 8.83. The van der Waals surface area contributed by atoms with Crippen LogP contribution in [0.4, 0.5) is 20.2 Å². The van der Waals surface area contributed by atoms with Gasteiger partial charge >= 0.3 is 0 Å². The molecule has 0 saturated carbocycles. The Balaban J connectivity index is 1.38. The molecule has 2 saturated heterocycles. The SMILES string of the molecule is C=CC(=O)N1CCN(c2c(C#N)c(OC[C@@H]3CCCN3C)nc3c2CCN(c2cccc4ccc(F)c(F)c24)C3)CC1. The van der Waals surface area contributed by atoms with Gasteiger partial charge in [-0.15, -0.1) is 0 Å². The number of hydrogen-bond acceptors (Lipinski definition) is 7. The number of pyridine rings is 1. The summed E-state index contributed by atoms with van der Waals surface area (Å²) >= 11 is 0. The number of likely N-dealkylation sites (N-methyl/N-ethyl adjacent to an activating group) is 1. The number of benzene rings is 2. The van der Waals surface area contributed by atoms with E-state index in [4.69, 9.17) is 9.72 Å². The number of piperazine rings is 1. The number of likely N-dealkylation sites (tertiary alicyclic amines) is 1. The largest absolute Gasteiger partial charge is 0.475 e. The van der Waals surface area contributed by atoms with Gasteiger partial charge in [-0.05, 0) is 56.4 Å². The summed E-state index contributed by atoms with van der Waals surface area (Å²) in [6.07, 6.45) is 4.01. The van der Waals surface area contributed by atoms with Crippen LogP contribution in [0.1, 0.15) is 29.7 Å². The van der Waals surface area contributed by atoms with Crippen molar-refractivity contribution in [1.82, 2.24) is 14.8 Å². The molecule has 218 valence electrons. The first-order valence-electron chi connectivity index (χ1n) is 14.5. The van der Waals surface area contributed by atoms with Crippen molar-refractivity contribution in [3.05, 3.63) is 71.4 Å². The van der Waals surface area contributed by atoms with Crippen molar-refractivity contribution in [3.63, 3.8) is 0 Å². The molecule has 1 amide bonds. The van der Waals surface area contributed by atoms with E-state index in [0.717, 1.165) is 42.4 Å². The van der Waals surface area contributed by atoms with Crippen LogP contribution >= 0.6 is 0 Å². The highest BCUT2D eigenvalue weighted by Crippen LogP contribution is 2.39. The third kappa shape index (κ3) is 5.02. The molecule has 3 aliphatic rings. The maximum atomic E-state index is 15.1. The molecule has 0 bridgehead atoms. The standard InChI is InChI=1S/C32H34F2N6O2/c1-3-28(41)38-14-16-39(17-15-38)31-23-11-13-40(27-8-4-6-21-9-10-25(33)30(34)29(21)27)19-26(23)36-32(24(31)18-35)42-20-22-7-5-12-37(22)2/h3-4,6,8-10,22H,1,5,7,11-17,19-20H2,2H3/t22-/m0/s1. The van der Waals surface area contributed by atoms with Gasteiger partial charge in [0.25, 0.3) is 0 Å². The Morgan fingerprint density at radius 2 is 1.95 bits per heavy atom. The summed E-state index contributed by atoms with van der Waals surface area (Å²) in [6, 6.07) is 10.8. The average Bonchev–Trinajstić information content (AvgIpc) is 3.44. The minimum absolute atomic E-state index is 0.106. The fraction of sp³-hybridized carbons (Fsp3) is 0.406. The molecule has 0 N–H and O–H groups in total. The smallest absolute Gasteiger partial charge is 0.246 e. The Labute approximate surface area is 244 Å². The molecule has 2 fully saturated rings. The normalized spacial score (nSPS) is 19.1. The van der Waals surface area contributed by atoms with Crippen LogP contribution in [0.25, 0.3) is 10.8 Å². The van der Waals surface area contributed by atoms with Gasteiger partial charge in [0, 0.05) is 55.4 Å². The third-order valence-electron chi connectivity index (χ3n) is 8.83.